The van der Waals surface area contributed by atoms with E-state index in [2.05, 4.69) is 9.97 Å². The fourth-order valence-corrected chi connectivity index (χ4v) is 4.35. The van der Waals surface area contributed by atoms with E-state index in [9.17, 15) is 9.59 Å². The normalized spacial score (nSPS) is 11.0. The smallest absolute Gasteiger partial charge is 0.296 e. The fraction of sp³-hybridized carbons (Fsp3) is 0.0833. The Kier molecular flexibility index (Phi) is 5.12. The molecule has 3 heterocycles. The average molecular weight is 443 g/mol. The van der Waals surface area contributed by atoms with Gasteiger partial charge < -0.3 is 9.15 Å². The standard InChI is InChI=1S/C24H17N3O4S/c1-30-16-9-10-18-22(12-16)32-24(26-18)27(14-15-6-4-5-11-25-15)23(29)21-13-19(28)17-7-2-3-8-20(17)31-21/h2-13H,14H2,1H3. The molecule has 0 saturated heterocycles. The SMILES string of the molecule is COc1ccc2nc(N(Cc3ccccn3)C(=O)c3cc(=O)c4ccccc4o3)sc2c1. The van der Waals surface area contributed by atoms with Crippen molar-refractivity contribution < 1.29 is 13.9 Å². The van der Waals surface area contributed by atoms with Crippen LogP contribution in [0.5, 0.6) is 5.75 Å². The Hall–Kier alpha value is -4.04. The Balaban J connectivity index is 1.61. The van der Waals surface area contributed by atoms with E-state index in [0.29, 0.717) is 27.5 Å². The number of amides is 1. The number of carbonyl (C=O) groups is 1. The zero-order valence-corrected chi connectivity index (χ0v) is 17.8. The molecule has 0 bridgehead atoms. The van der Waals surface area contributed by atoms with Crippen LogP contribution in [0.25, 0.3) is 21.2 Å². The van der Waals surface area contributed by atoms with Gasteiger partial charge >= 0.3 is 0 Å². The molecule has 2 aromatic carbocycles. The number of thiazole rings is 1. The highest BCUT2D eigenvalue weighted by atomic mass is 32.1. The fourth-order valence-electron chi connectivity index (χ4n) is 3.36. The zero-order chi connectivity index (χ0) is 22.1. The van der Waals surface area contributed by atoms with Crippen molar-refractivity contribution in [2.75, 3.05) is 12.0 Å². The van der Waals surface area contributed by atoms with Crippen molar-refractivity contribution in [2.24, 2.45) is 0 Å². The van der Waals surface area contributed by atoms with E-state index in [4.69, 9.17) is 9.15 Å². The van der Waals surface area contributed by atoms with E-state index in [1.807, 2.05) is 36.4 Å². The van der Waals surface area contributed by atoms with Crippen LogP contribution in [0.3, 0.4) is 0 Å². The topological polar surface area (TPSA) is 85.5 Å². The number of pyridine rings is 1. The van der Waals surface area contributed by atoms with Crippen LogP contribution in [0.1, 0.15) is 16.2 Å². The van der Waals surface area contributed by atoms with Crippen LogP contribution in [0.4, 0.5) is 5.13 Å². The monoisotopic (exact) mass is 443 g/mol. The van der Waals surface area contributed by atoms with Gasteiger partial charge in [-0.25, -0.2) is 4.98 Å². The molecule has 8 heteroatoms. The number of fused-ring (bicyclic) bond motifs is 2. The summed E-state index contributed by atoms with van der Waals surface area (Å²) in [6.07, 6.45) is 1.66. The molecule has 0 radical (unpaired) electrons. The highest BCUT2D eigenvalue weighted by Gasteiger charge is 2.25. The highest BCUT2D eigenvalue weighted by Crippen LogP contribution is 2.33. The second-order valence-electron chi connectivity index (χ2n) is 7.01. The number of benzene rings is 2. The zero-order valence-electron chi connectivity index (χ0n) is 17.0. The molecule has 0 aliphatic rings. The van der Waals surface area contributed by atoms with Gasteiger partial charge in [-0.3, -0.25) is 19.5 Å². The van der Waals surface area contributed by atoms with Gasteiger partial charge in [0.05, 0.1) is 35.0 Å². The van der Waals surface area contributed by atoms with Crippen molar-refractivity contribution >= 4 is 43.6 Å². The molecule has 0 saturated carbocycles. The molecular weight excluding hydrogens is 426 g/mol. The Morgan fingerprint density at radius 3 is 2.75 bits per heavy atom. The summed E-state index contributed by atoms with van der Waals surface area (Å²) >= 11 is 1.35. The van der Waals surface area contributed by atoms with Crippen molar-refractivity contribution in [1.29, 1.82) is 0 Å². The van der Waals surface area contributed by atoms with Gasteiger partial charge in [-0.15, -0.1) is 0 Å². The second kappa shape index (κ2) is 8.24. The molecule has 0 atom stereocenters. The average Bonchev–Trinajstić information content (AvgIpc) is 3.25. The number of aromatic nitrogens is 2. The summed E-state index contributed by atoms with van der Waals surface area (Å²) in [5, 5.41) is 0.895. The summed E-state index contributed by atoms with van der Waals surface area (Å²) in [5.41, 5.74) is 1.50. The molecule has 158 valence electrons. The first-order valence-corrected chi connectivity index (χ1v) is 10.6. The van der Waals surface area contributed by atoms with Crippen molar-refractivity contribution in [1.82, 2.24) is 9.97 Å². The lowest BCUT2D eigenvalue weighted by Crippen LogP contribution is -2.31. The van der Waals surface area contributed by atoms with Crippen molar-refractivity contribution in [2.45, 2.75) is 6.54 Å². The first-order valence-electron chi connectivity index (χ1n) is 9.81. The van der Waals surface area contributed by atoms with E-state index >= 15 is 0 Å². The molecule has 3 aromatic heterocycles. The van der Waals surface area contributed by atoms with Gasteiger partial charge in [0.25, 0.3) is 5.91 Å². The van der Waals surface area contributed by atoms with Crippen LogP contribution in [-0.2, 0) is 6.54 Å². The minimum atomic E-state index is -0.468. The molecule has 0 aliphatic carbocycles. The molecule has 0 N–H and O–H groups in total. The van der Waals surface area contributed by atoms with Gasteiger partial charge in [0.2, 0.25) is 0 Å². The van der Waals surface area contributed by atoms with Gasteiger partial charge in [-0.2, -0.15) is 0 Å². The molecular formula is C24H17N3O4S. The van der Waals surface area contributed by atoms with E-state index in [1.165, 1.54) is 22.3 Å². The Morgan fingerprint density at radius 1 is 1.09 bits per heavy atom. The predicted molar refractivity (Wildman–Crippen MR) is 123 cm³/mol. The number of nitrogens with zero attached hydrogens (tertiary/aromatic N) is 3. The highest BCUT2D eigenvalue weighted by molar-refractivity contribution is 7.22. The van der Waals surface area contributed by atoms with Crippen LogP contribution in [0.2, 0.25) is 0 Å². The summed E-state index contributed by atoms with van der Waals surface area (Å²) in [6.45, 7) is 0.174. The number of ether oxygens (including phenoxy) is 1. The molecule has 5 aromatic rings. The number of hydrogen-bond donors (Lipinski definition) is 0. The van der Waals surface area contributed by atoms with Crippen molar-refractivity contribution in [3.63, 3.8) is 0 Å². The summed E-state index contributed by atoms with van der Waals surface area (Å²) in [5.74, 6) is 0.182. The first-order chi connectivity index (χ1) is 15.6. The quantitative estimate of drug-likeness (QED) is 0.393. The maximum absolute atomic E-state index is 13.6. The van der Waals surface area contributed by atoms with Crippen LogP contribution < -0.4 is 15.1 Å². The van der Waals surface area contributed by atoms with E-state index in [0.717, 1.165) is 10.2 Å². The van der Waals surface area contributed by atoms with Crippen LogP contribution in [-0.4, -0.2) is 23.0 Å². The minimum absolute atomic E-state index is 0.0542. The molecule has 0 fully saturated rings. The number of hydrogen-bond acceptors (Lipinski definition) is 7. The predicted octanol–water partition coefficient (Wildman–Crippen LogP) is 4.65. The van der Waals surface area contributed by atoms with Crippen LogP contribution >= 0.6 is 11.3 Å². The minimum Gasteiger partial charge on any atom is -0.497 e. The van der Waals surface area contributed by atoms with Crippen molar-refractivity contribution in [3.8, 4) is 5.75 Å². The first kappa shape index (κ1) is 19.9. The largest absolute Gasteiger partial charge is 0.497 e. The third-order valence-corrected chi connectivity index (χ3v) is 5.99. The lowest BCUT2D eigenvalue weighted by atomic mass is 10.2. The third-order valence-electron chi connectivity index (χ3n) is 4.95. The van der Waals surface area contributed by atoms with Crippen molar-refractivity contribution in [3.05, 3.63) is 94.6 Å². The molecule has 7 nitrogen and oxygen atoms in total. The third kappa shape index (κ3) is 3.72. The lowest BCUT2D eigenvalue weighted by Gasteiger charge is -2.19. The Morgan fingerprint density at radius 2 is 1.94 bits per heavy atom. The molecule has 0 spiro atoms. The van der Waals surface area contributed by atoms with Gasteiger partial charge in [-0.05, 0) is 42.5 Å². The number of methoxy groups -OCH3 is 1. The lowest BCUT2D eigenvalue weighted by molar-refractivity contribution is 0.0958. The molecule has 5 rings (SSSR count). The van der Waals surface area contributed by atoms with E-state index < -0.39 is 5.91 Å². The van der Waals surface area contributed by atoms with E-state index in [-0.39, 0.29) is 17.7 Å². The maximum atomic E-state index is 13.6. The molecule has 0 aliphatic heterocycles. The number of anilines is 1. The van der Waals surface area contributed by atoms with Gasteiger partial charge in [0.15, 0.2) is 16.3 Å². The maximum Gasteiger partial charge on any atom is 0.296 e. The summed E-state index contributed by atoms with van der Waals surface area (Å²) < 4.78 is 12.0. The molecule has 32 heavy (non-hydrogen) atoms. The van der Waals surface area contributed by atoms with Gasteiger partial charge in [0, 0.05) is 12.3 Å². The van der Waals surface area contributed by atoms with Crippen LogP contribution in [0, 0.1) is 0 Å². The Bertz CT molecular complexity index is 1490. The number of rotatable bonds is 5. The Labute approximate surface area is 186 Å². The summed E-state index contributed by atoms with van der Waals surface area (Å²) in [6, 6.07) is 19.1. The number of para-hydroxylation sites is 1. The molecule has 0 unspecified atom stereocenters. The second-order valence-corrected chi connectivity index (χ2v) is 8.02. The van der Waals surface area contributed by atoms with Gasteiger partial charge in [0.1, 0.15) is 11.3 Å². The van der Waals surface area contributed by atoms with Gasteiger partial charge in [-0.1, -0.05) is 29.5 Å². The number of carbonyl (C=O) groups excluding carboxylic acids is 1. The summed E-state index contributed by atoms with van der Waals surface area (Å²) in [4.78, 5) is 36.6. The van der Waals surface area contributed by atoms with E-state index in [1.54, 1.807) is 37.6 Å². The van der Waals surface area contributed by atoms with Crippen LogP contribution in [0.15, 0.2) is 82.1 Å². The molecule has 1 amide bonds. The summed E-state index contributed by atoms with van der Waals surface area (Å²) in [7, 11) is 1.60.